The maximum atomic E-state index is 12.4. The van der Waals surface area contributed by atoms with E-state index in [2.05, 4.69) is 15.9 Å². The van der Waals surface area contributed by atoms with Crippen LogP contribution in [0.15, 0.2) is 46.9 Å². The summed E-state index contributed by atoms with van der Waals surface area (Å²) in [6, 6.07) is 12.2. The van der Waals surface area contributed by atoms with E-state index < -0.39 is 0 Å². The second-order valence-corrected chi connectivity index (χ2v) is 5.62. The zero-order valence-electron chi connectivity index (χ0n) is 10.8. The van der Waals surface area contributed by atoms with Gasteiger partial charge in [0, 0.05) is 23.6 Å². The Kier molecular flexibility index (Phi) is 4.68. The maximum absolute atomic E-state index is 12.4. The molecule has 0 fully saturated rings. The minimum atomic E-state index is -0.195. The molecule has 104 valence electrons. The van der Waals surface area contributed by atoms with Crippen molar-refractivity contribution in [3.63, 3.8) is 0 Å². The van der Waals surface area contributed by atoms with Crippen molar-refractivity contribution in [2.24, 2.45) is 0 Å². The number of carbonyl (C=O) groups is 1. The summed E-state index contributed by atoms with van der Waals surface area (Å²) in [5.74, 6) is -0.0213. The van der Waals surface area contributed by atoms with Crippen molar-refractivity contribution in [1.29, 1.82) is 0 Å². The number of phenolic OH excluding ortho intramolecular Hbond substituents is 1. The van der Waals surface area contributed by atoms with Crippen LogP contribution in [-0.2, 0) is 6.54 Å². The lowest BCUT2D eigenvalue weighted by Crippen LogP contribution is -2.26. The minimum absolute atomic E-state index is 0.174. The van der Waals surface area contributed by atoms with E-state index in [1.54, 1.807) is 43.4 Å². The van der Waals surface area contributed by atoms with Crippen molar-refractivity contribution in [1.82, 2.24) is 4.90 Å². The number of rotatable bonds is 3. The number of hydrogen-bond donors (Lipinski definition) is 1. The highest BCUT2D eigenvalue weighted by molar-refractivity contribution is 9.10. The first-order valence-corrected chi connectivity index (χ1v) is 7.14. The Morgan fingerprint density at radius 1 is 1.25 bits per heavy atom. The lowest BCUT2D eigenvalue weighted by Gasteiger charge is -2.19. The third kappa shape index (κ3) is 3.14. The molecule has 2 aromatic rings. The van der Waals surface area contributed by atoms with Gasteiger partial charge in [-0.1, -0.05) is 35.9 Å². The molecule has 0 aliphatic rings. The highest BCUT2D eigenvalue weighted by atomic mass is 79.9. The fourth-order valence-electron chi connectivity index (χ4n) is 1.85. The first-order valence-electron chi connectivity index (χ1n) is 5.97. The molecule has 0 aliphatic heterocycles. The van der Waals surface area contributed by atoms with Crippen LogP contribution < -0.4 is 0 Å². The van der Waals surface area contributed by atoms with Crippen LogP contribution in [0, 0.1) is 0 Å². The van der Waals surface area contributed by atoms with E-state index >= 15 is 0 Å². The zero-order chi connectivity index (χ0) is 14.7. The number of nitrogens with zero attached hydrogens (tertiary/aromatic N) is 1. The normalized spacial score (nSPS) is 10.3. The summed E-state index contributed by atoms with van der Waals surface area (Å²) in [5.41, 5.74) is 1.12. The van der Waals surface area contributed by atoms with Crippen LogP contribution in [0.3, 0.4) is 0 Å². The van der Waals surface area contributed by atoms with Gasteiger partial charge in [0.1, 0.15) is 5.75 Å². The molecule has 1 amide bonds. The van der Waals surface area contributed by atoms with Crippen molar-refractivity contribution in [3.8, 4) is 5.75 Å². The smallest absolute Gasteiger partial charge is 0.255 e. The molecule has 0 aliphatic carbocycles. The van der Waals surface area contributed by atoms with Gasteiger partial charge in [-0.3, -0.25) is 4.79 Å². The minimum Gasteiger partial charge on any atom is -0.508 e. The van der Waals surface area contributed by atoms with Crippen LogP contribution in [0.5, 0.6) is 5.75 Å². The summed E-state index contributed by atoms with van der Waals surface area (Å²) in [4.78, 5) is 13.9. The van der Waals surface area contributed by atoms with Crippen molar-refractivity contribution in [3.05, 3.63) is 63.1 Å². The van der Waals surface area contributed by atoms with Crippen LogP contribution in [0.1, 0.15) is 15.9 Å². The van der Waals surface area contributed by atoms with Crippen LogP contribution in [0.25, 0.3) is 0 Å². The molecule has 0 saturated carbocycles. The van der Waals surface area contributed by atoms with Gasteiger partial charge in [-0.15, -0.1) is 0 Å². The molecule has 0 unspecified atom stereocenters. The Balaban J connectivity index is 2.21. The molecule has 0 aromatic heterocycles. The van der Waals surface area contributed by atoms with E-state index in [1.165, 1.54) is 4.90 Å². The summed E-state index contributed by atoms with van der Waals surface area (Å²) < 4.78 is 0.681. The van der Waals surface area contributed by atoms with Crippen molar-refractivity contribution >= 4 is 33.4 Å². The second-order valence-electron chi connectivity index (χ2n) is 4.39. The highest BCUT2D eigenvalue weighted by Gasteiger charge is 2.17. The quantitative estimate of drug-likeness (QED) is 0.902. The predicted octanol–water partition coefficient (Wildman–Crippen LogP) is 4.08. The molecule has 20 heavy (non-hydrogen) atoms. The Labute approximate surface area is 130 Å². The van der Waals surface area contributed by atoms with Gasteiger partial charge >= 0.3 is 0 Å². The SMILES string of the molecule is CN(Cc1ccccc1O)C(=O)c1cccc(Br)c1Cl. The number of amides is 1. The van der Waals surface area contributed by atoms with E-state index in [9.17, 15) is 9.90 Å². The molecule has 0 radical (unpaired) electrons. The van der Waals surface area contributed by atoms with E-state index in [0.29, 0.717) is 27.2 Å². The van der Waals surface area contributed by atoms with Crippen LogP contribution in [0.4, 0.5) is 0 Å². The Morgan fingerprint density at radius 2 is 1.95 bits per heavy atom. The molecular formula is C15H13BrClNO2. The average molecular weight is 355 g/mol. The van der Waals surface area contributed by atoms with Gasteiger partial charge in [0.15, 0.2) is 0 Å². The number of hydrogen-bond acceptors (Lipinski definition) is 2. The molecular weight excluding hydrogens is 342 g/mol. The number of para-hydroxylation sites is 1. The number of halogens is 2. The van der Waals surface area contributed by atoms with Gasteiger partial charge in [-0.25, -0.2) is 0 Å². The highest BCUT2D eigenvalue weighted by Crippen LogP contribution is 2.27. The molecule has 0 bridgehead atoms. The van der Waals surface area contributed by atoms with E-state index in [0.717, 1.165) is 0 Å². The van der Waals surface area contributed by atoms with Crippen LogP contribution in [0.2, 0.25) is 5.02 Å². The fourth-order valence-corrected chi connectivity index (χ4v) is 2.42. The molecule has 3 nitrogen and oxygen atoms in total. The van der Waals surface area contributed by atoms with E-state index in [4.69, 9.17) is 11.6 Å². The first kappa shape index (κ1) is 14.9. The molecule has 0 atom stereocenters. The molecule has 5 heteroatoms. The summed E-state index contributed by atoms with van der Waals surface area (Å²) in [6.07, 6.45) is 0. The van der Waals surface area contributed by atoms with Gasteiger partial charge < -0.3 is 10.0 Å². The van der Waals surface area contributed by atoms with E-state index in [1.807, 2.05) is 6.07 Å². The number of carbonyl (C=O) groups excluding carboxylic acids is 1. The lowest BCUT2D eigenvalue weighted by molar-refractivity contribution is 0.0784. The summed E-state index contributed by atoms with van der Waals surface area (Å²) >= 11 is 9.42. The van der Waals surface area contributed by atoms with Crippen LogP contribution in [-0.4, -0.2) is 23.0 Å². The standard InChI is InChI=1S/C15H13BrClNO2/c1-18(9-10-5-2-3-8-13(10)19)15(20)11-6-4-7-12(16)14(11)17/h2-8,19H,9H2,1H3. The monoisotopic (exact) mass is 353 g/mol. The summed E-state index contributed by atoms with van der Waals surface area (Å²) in [6.45, 7) is 0.314. The zero-order valence-corrected chi connectivity index (χ0v) is 13.1. The maximum Gasteiger partial charge on any atom is 0.255 e. The third-order valence-electron chi connectivity index (χ3n) is 2.93. The van der Waals surface area contributed by atoms with Crippen molar-refractivity contribution in [2.75, 3.05) is 7.05 Å². The Bertz CT molecular complexity index is 646. The third-order valence-corrected chi connectivity index (χ3v) is 4.22. The van der Waals surface area contributed by atoms with E-state index in [-0.39, 0.29) is 11.7 Å². The Hall–Kier alpha value is -1.52. The molecule has 1 N–H and O–H groups in total. The topological polar surface area (TPSA) is 40.5 Å². The van der Waals surface area contributed by atoms with Crippen LogP contribution >= 0.6 is 27.5 Å². The molecule has 0 heterocycles. The number of benzene rings is 2. The molecule has 2 rings (SSSR count). The summed E-state index contributed by atoms with van der Waals surface area (Å²) in [7, 11) is 1.67. The average Bonchev–Trinajstić information content (AvgIpc) is 2.43. The lowest BCUT2D eigenvalue weighted by atomic mass is 10.1. The first-order chi connectivity index (χ1) is 9.50. The Morgan fingerprint density at radius 3 is 2.65 bits per heavy atom. The largest absolute Gasteiger partial charge is 0.508 e. The second kappa shape index (κ2) is 6.29. The van der Waals surface area contributed by atoms with Gasteiger partial charge in [0.25, 0.3) is 5.91 Å². The summed E-state index contributed by atoms with van der Waals surface area (Å²) in [5, 5.41) is 10.1. The van der Waals surface area contributed by atoms with Gasteiger partial charge in [-0.2, -0.15) is 0 Å². The molecule has 0 saturated heterocycles. The van der Waals surface area contributed by atoms with Crippen molar-refractivity contribution < 1.29 is 9.90 Å². The van der Waals surface area contributed by atoms with Gasteiger partial charge in [0.2, 0.25) is 0 Å². The number of aromatic hydroxyl groups is 1. The predicted molar refractivity (Wildman–Crippen MR) is 83.1 cm³/mol. The van der Waals surface area contributed by atoms with Gasteiger partial charge in [-0.05, 0) is 34.1 Å². The van der Waals surface area contributed by atoms with Crippen molar-refractivity contribution in [2.45, 2.75) is 6.54 Å². The number of phenols is 1. The molecule has 2 aromatic carbocycles. The molecule has 0 spiro atoms. The fraction of sp³-hybridized carbons (Fsp3) is 0.133. The van der Waals surface area contributed by atoms with Gasteiger partial charge in [0.05, 0.1) is 10.6 Å².